The number of carbonyl (C=O) groups excluding carboxylic acids is 3. The fourth-order valence-electron chi connectivity index (χ4n) is 2.05. The lowest BCUT2D eigenvalue weighted by Crippen LogP contribution is -2.38. The van der Waals surface area contributed by atoms with Gasteiger partial charge in [0.25, 0.3) is 0 Å². The van der Waals surface area contributed by atoms with Crippen molar-refractivity contribution < 1.29 is 14.4 Å². The zero-order valence-electron chi connectivity index (χ0n) is 9.58. The van der Waals surface area contributed by atoms with Gasteiger partial charge in [-0.05, 0) is 13.3 Å². The van der Waals surface area contributed by atoms with Gasteiger partial charge < -0.3 is 4.79 Å². The normalized spacial score (nSPS) is 31.8. The number of hydrogen-bond donors (Lipinski definition) is 0. The molecule has 0 bridgehead atoms. The monoisotopic (exact) mass is 210 g/mol. The zero-order valence-corrected chi connectivity index (χ0v) is 9.58. The summed E-state index contributed by atoms with van der Waals surface area (Å²) in [6, 6.07) is 0. The van der Waals surface area contributed by atoms with Crippen LogP contribution in [0.5, 0.6) is 0 Å². The molecule has 1 aliphatic carbocycles. The van der Waals surface area contributed by atoms with E-state index in [0.29, 0.717) is 19.3 Å². The Hall–Kier alpha value is -0.990. The van der Waals surface area contributed by atoms with Crippen molar-refractivity contribution in [3.8, 4) is 0 Å². The van der Waals surface area contributed by atoms with E-state index in [1.165, 1.54) is 6.92 Å². The van der Waals surface area contributed by atoms with E-state index in [1.54, 1.807) is 0 Å². The van der Waals surface area contributed by atoms with E-state index in [0.717, 1.165) is 0 Å². The number of hydrogen-bond acceptors (Lipinski definition) is 3. The maximum Gasteiger partial charge on any atom is 0.139 e. The third-order valence-electron chi connectivity index (χ3n) is 3.40. The first-order valence-electron chi connectivity index (χ1n) is 5.49. The first kappa shape index (κ1) is 12.1. The van der Waals surface area contributed by atoms with Gasteiger partial charge in [0.15, 0.2) is 0 Å². The van der Waals surface area contributed by atoms with Crippen LogP contribution in [0.15, 0.2) is 0 Å². The Bertz CT molecular complexity index is 293. The Morgan fingerprint density at radius 3 is 2.40 bits per heavy atom. The first-order valence-corrected chi connectivity index (χ1v) is 5.49. The van der Waals surface area contributed by atoms with Crippen molar-refractivity contribution in [3.05, 3.63) is 0 Å². The minimum atomic E-state index is -0.215. The molecule has 3 nitrogen and oxygen atoms in total. The van der Waals surface area contributed by atoms with Gasteiger partial charge in [-0.1, -0.05) is 13.8 Å². The smallest absolute Gasteiger partial charge is 0.139 e. The van der Waals surface area contributed by atoms with E-state index in [9.17, 15) is 14.4 Å². The molecule has 3 unspecified atom stereocenters. The van der Waals surface area contributed by atoms with Gasteiger partial charge in [-0.15, -0.1) is 0 Å². The van der Waals surface area contributed by atoms with Crippen LogP contribution in [0.1, 0.15) is 40.0 Å². The van der Waals surface area contributed by atoms with E-state index in [-0.39, 0.29) is 35.1 Å². The quantitative estimate of drug-likeness (QED) is 0.713. The average molecular weight is 210 g/mol. The van der Waals surface area contributed by atoms with Gasteiger partial charge in [-0.3, -0.25) is 9.59 Å². The van der Waals surface area contributed by atoms with Crippen LogP contribution in [0.3, 0.4) is 0 Å². The fourth-order valence-corrected chi connectivity index (χ4v) is 2.05. The Morgan fingerprint density at radius 1 is 1.27 bits per heavy atom. The molecule has 0 N–H and O–H groups in total. The third kappa shape index (κ3) is 2.74. The molecule has 1 fully saturated rings. The van der Waals surface area contributed by atoms with Crippen molar-refractivity contribution in [1.82, 2.24) is 0 Å². The van der Waals surface area contributed by atoms with Crippen LogP contribution in [0.25, 0.3) is 0 Å². The molecule has 3 heteroatoms. The summed E-state index contributed by atoms with van der Waals surface area (Å²) < 4.78 is 0. The minimum absolute atomic E-state index is 0.0847. The Kier molecular flexibility index (Phi) is 3.77. The fraction of sp³-hybridized carbons (Fsp3) is 0.750. The highest BCUT2D eigenvalue weighted by Gasteiger charge is 2.37. The molecule has 15 heavy (non-hydrogen) atoms. The molecular formula is C12H18O3. The number of carbonyl (C=O) groups is 3. The van der Waals surface area contributed by atoms with Gasteiger partial charge in [-0.2, -0.15) is 0 Å². The van der Waals surface area contributed by atoms with Crippen molar-refractivity contribution >= 4 is 17.3 Å². The van der Waals surface area contributed by atoms with Crippen LogP contribution in [0, 0.1) is 17.8 Å². The van der Waals surface area contributed by atoms with Crippen molar-refractivity contribution in [2.45, 2.75) is 40.0 Å². The van der Waals surface area contributed by atoms with Gasteiger partial charge in [-0.25, -0.2) is 0 Å². The molecule has 1 aliphatic rings. The number of Topliss-reactive ketones (excluding diaryl/α,β-unsaturated/α-hetero) is 3. The van der Waals surface area contributed by atoms with Crippen LogP contribution in [0.2, 0.25) is 0 Å². The van der Waals surface area contributed by atoms with Gasteiger partial charge in [0.2, 0.25) is 0 Å². The summed E-state index contributed by atoms with van der Waals surface area (Å²) in [4.78, 5) is 34.2. The maximum atomic E-state index is 11.8. The summed E-state index contributed by atoms with van der Waals surface area (Å²) >= 11 is 0. The summed E-state index contributed by atoms with van der Waals surface area (Å²) in [6.45, 7) is 5.14. The Balaban J connectivity index is 2.62. The SMILES string of the molecule is CC(=O)CCC1CC(=O)C(C)C(C)C1=O. The highest BCUT2D eigenvalue weighted by Crippen LogP contribution is 2.30. The van der Waals surface area contributed by atoms with Gasteiger partial charge in [0.05, 0.1) is 0 Å². The summed E-state index contributed by atoms with van der Waals surface area (Å²) in [5.74, 6) is -0.137. The van der Waals surface area contributed by atoms with Crippen molar-refractivity contribution in [2.24, 2.45) is 17.8 Å². The lowest BCUT2D eigenvalue weighted by atomic mass is 9.72. The molecule has 0 heterocycles. The summed E-state index contributed by atoms with van der Waals surface area (Å²) in [7, 11) is 0. The summed E-state index contributed by atoms with van der Waals surface area (Å²) in [6.07, 6.45) is 1.28. The van der Waals surface area contributed by atoms with Crippen LogP contribution >= 0.6 is 0 Å². The molecule has 3 atom stereocenters. The van der Waals surface area contributed by atoms with Crippen LogP contribution in [0.4, 0.5) is 0 Å². The number of rotatable bonds is 3. The van der Waals surface area contributed by atoms with Crippen molar-refractivity contribution in [1.29, 1.82) is 0 Å². The molecule has 0 amide bonds. The second-order valence-corrected chi connectivity index (χ2v) is 4.59. The molecule has 1 saturated carbocycles. The topological polar surface area (TPSA) is 51.2 Å². The lowest BCUT2D eigenvalue weighted by Gasteiger charge is -2.29. The van der Waals surface area contributed by atoms with E-state index in [4.69, 9.17) is 0 Å². The molecule has 0 radical (unpaired) electrons. The first-order chi connectivity index (χ1) is 6.93. The molecule has 84 valence electrons. The van der Waals surface area contributed by atoms with E-state index in [1.807, 2.05) is 13.8 Å². The molecule has 0 aromatic carbocycles. The maximum absolute atomic E-state index is 11.8. The van der Waals surface area contributed by atoms with Crippen molar-refractivity contribution in [2.75, 3.05) is 0 Å². The van der Waals surface area contributed by atoms with Crippen LogP contribution < -0.4 is 0 Å². The highest BCUT2D eigenvalue weighted by molar-refractivity contribution is 5.97. The number of ketones is 3. The van der Waals surface area contributed by atoms with Gasteiger partial charge in [0, 0.05) is 30.6 Å². The molecule has 0 spiro atoms. The molecule has 0 aromatic rings. The lowest BCUT2D eigenvalue weighted by molar-refractivity contribution is -0.141. The summed E-state index contributed by atoms with van der Waals surface area (Å²) in [5.41, 5.74) is 0. The second kappa shape index (κ2) is 4.69. The average Bonchev–Trinajstić information content (AvgIpc) is 2.18. The zero-order chi connectivity index (χ0) is 11.6. The summed E-state index contributed by atoms with van der Waals surface area (Å²) in [5, 5.41) is 0. The molecule has 0 aromatic heterocycles. The van der Waals surface area contributed by atoms with Crippen LogP contribution in [-0.4, -0.2) is 17.3 Å². The predicted molar refractivity (Wildman–Crippen MR) is 56.4 cm³/mol. The van der Waals surface area contributed by atoms with Crippen molar-refractivity contribution in [3.63, 3.8) is 0 Å². The van der Waals surface area contributed by atoms with E-state index in [2.05, 4.69) is 0 Å². The Labute approximate surface area is 90.2 Å². The molecule has 0 aliphatic heterocycles. The largest absolute Gasteiger partial charge is 0.300 e. The van der Waals surface area contributed by atoms with E-state index >= 15 is 0 Å². The van der Waals surface area contributed by atoms with E-state index < -0.39 is 0 Å². The van der Waals surface area contributed by atoms with Gasteiger partial charge >= 0.3 is 0 Å². The predicted octanol–water partition coefficient (Wildman–Crippen LogP) is 1.79. The standard InChI is InChI=1S/C12H18O3/c1-7(13)4-5-10-6-11(14)8(2)9(3)12(10)15/h8-10H,4-6H2,1-3H3. The minimum Gasteiger partial charge on any atom is -0.300 e. The third-order valence-corrected chi connectivity index (χ3v) is 3.40. The molecular weight excluding hydrogens is 192 g/mol. The molecule has 1 rings (SSSR count). The molecule has 0 saturated heterocycles. The van der Waals surface area contributed by atoms with Gasteiger partial charge in [0.1, 0.15) is 17.3 Å². The highest BCUT2D eigenvalue weighted by atomic mass is 16.1. The Morgan fingerprint density at radius 2 is 1.87 bits per heavy atom. The van der Waals surface area contributed by atoms with Crippen LogP contribution in [-0.2, 0) is 14.4 Å². The second-order valence-electron chi connectivity index (χ2n) is 4.59.